The Morgan fingerprint density at radius 2 is 1.73 bits per heavy atom. The molecule has 1 aliphatic heterocycles. The van der Waals surface area contributed by atoms with Crippen molar-refractivity contribution >= 4 is 17.7 Å². The van der Waals surface area contributed by atoms with Crippen LogP contribution < -0.4 is 4.52 Å². The summed E-state index contributed by atoms with van der Waals surface area (Å²) < 4.78 is 40.4. The molecule has 3 N–H and O–H groups in total. The van der Waals surface area contributed by atoms with Crippen LogP contribution in [-0.2, 0) is 20.8 Å². The molecule has 10 heteroatoms. The largest absolute Gasteiger partial charge is 0.524 e. The zero-order valence-corrected chi connectivity index (χ0v) is 18.1. The molecule has 1 heterocycles. The molecule has 0 bridgehead atoms. The standard InChI is InChI=1S/C20H26NO7PS/c22-20-15-21(11-10-17(20)14-16-4-2-1-3-5-16)12-13-30(26,27)19-8-6-18(7-9-19)28-29(23,24)25/h1-9,17,20,22H,10-15H2,(H2,23,24,25)/t17-,20-/m1/s1. The summed E-state index contributed by atoms with van der Waals surface area (Å²) in [5, 5.41) is 10.5. The average molecular weight is 455 g/mol. The van der Waals surface area contributed by atoms with E-state index >= 15 is 0 Å². The van der Waals surface area contributed by atoms with Crippen molar-refractivity contribution in [1.82, 2.24) is 4.90 Å². The fourth-order valence-corrected chi connectivity index (χ4v) is 5.30. The second-order valence-corrected chi connectivity index (χ2v) is 10.8. The van der Waals surface area contributed by atoms with Gasteiger partial charge in [0, 0.05) is 13.1 Å². The number of rotatable bonds is 8. The molecule has 0 saturated carbocycles. The number of nitrogens with zero attached hydrogens (tertiary/aromatic N) is 1. The van der Waals surface area contributed by atoms with Gasteiger partial charge in [-0.2, -0.15) is 0 Å². The molecule has 0 unspecified atom stereocenters. The van der Waals surface area contributed by atoms with Crippen LogP contribution in [0.5, 0.6) is 5.75 Å². The van der Waals surface area contributed by atoms with Crippen LogP contribution in [0.15, 0.2) is 59.5 Å². The summed E-state index contributed by atoms with van der Waals surface area (Å²) >= 11 is 0. The molecule has 0 aliphatic carbocycles. The van der Waals surface area contributed by atoms with Crippen LogP contribution >= 0.6 is 7.82 Å². The first kappa shape index (κ1) is 22.9. The van der Waals surface area contributed by atoms with Gasteiger partial charge in [0.2, 0.25) is 0 Å². The van der Waals surface area contributed by atoms with Gasteiger partial charge in [0.15, 0.2) is 9.84 Å². The van der Waals surface area contributed by atoms with Gasteiger partial charge in [-0.05, 0) is 55.1 Å². The van der Waals surface area contributed by atoms with Crippen molar-refractivity contribution in [3.63, 3.8) is 0 Å². The Kier molecular flexibility index (Phi) is 7.34. The number of aliphatic hydroxyl groups excluding tert-OH is 1. The number of phosphoric acid groups is 1. The first-order chi connectivity index (χ1) is 14.1. The number of likely N-dealkylation sites (tertiary alicyclic amines) is 1. The zero-order chi connectivity index (χ0) is 21.8. The minimum atomic E-state index is -4.69. The van der Waals surface area contributed by atoms with Gasteiger partial charge in [-0.25, -0.2) is 13.0 Å². The molecule has 2 aromatic rings. The summed E-state index contributed by atoms with van der Waals surface area (Å²) in [5.41, 5.74) is 1.18. The number of sulfone groups is 1. The summed E-state index contributed by atoms with van der Waals surface area (Å²) in [6.07, 6.45) is 1.09. The number of piperidine rings is 1. The number of hydrogen-bond acceptors (Lipinski definition) is 6. The first-order valence-corrected chi connectivity index (χ1v) is 12.8. The molecule has 0 spiro atoms. The Morgan fingerprint density at radius 1 is 1.07 bits per heavy atom. The predicted molar refractivity (Wildman–Crippen MR) is 112 cm³/mol. The quantitative estimate of drug-likeness (QED) is 0.515. The highest BCUT2D eigenvalue weighted by Crippen LogP contribution is 2.37. The minimum Gasteiger partial charge on any atom is -0.404 e. The Labute approximate surface area is 176 Å². The van der Waals surface area contributed by atoms with Crippen LogP contribution in [0.1, 0.15) is 12.0 Å². The van der Waals surface area contributed by atoms with E-state index in [0.29, 0.717) is 13.1 Å². The monoisotopic (exact) mass is 455 g/mol. The van der Waals surface area contributed by atoms with Crippen LogP contribution in [-0.4, -0.2) is 59.7 Å². The molecule has 164 valence electrons. The van der Waals surface area contributed by atoms with E-state index in [1.165, 1.54) is 29.8 Å². The molecule has 0 radical (unpaired) electrons. The fourth-order valence-electron chi connectivity index (χ4n) is 3.62. The molecule has 1 fully saturated rings. The van der Waals surface area contributed by atoms with E-state index in [4.69, 9.17) is 9.79 Å². The minimum absolute atomic E-state index is 0.0556. The van der Waals surface area contributed by atoms with Crippen molar-refractivity contribution < 1.29 is 32.4 Å². The summed E-state index contributed by atoms with van der Waals surface area (Å²) in [6.45, 7) is 1.46. The van der Waals surface area contributed by atoms with Crippen LogP contribution in [0.3, 0.4) is 0 Å². The summed E-state index contributed by atoms with van der Waals surface area (Å²) in [7, 11) is -8.26. The molecular weight excluding hydrogens is 429 g/mol. The van der Waals surface area contributed by atoms with E-state index in [0.717, 1.165) is 19.4 Å². The highest BCUT2D eigenvalue weighted by molar-refractivity contribution is 7.91. The molecule has 2 aromatic carbocycles. The second kappa shape index (κ2) is 9.60. The van der Waals surface area contributed by atoms with E-state index in [-0.39, 0.29) is 22.3 Å². The molecule has 1 aliphatic rings. The van der Waals surface area contributed by atoms with Crippen molar-refractivity contribution in [3.05, 3.63) is 60.2 Å². The third kappa shape index (κ3) is 6.63. The van der Waals surface area contributed by atoms with Gasteiger partial charge in [-0.1, -0.05) is 30.3 Å². The highest BCUT2D eigenvalue weighted by atomic mass is 32.2. The topological polar surface area (TPSA) is 124 Å². The van der Waals surface area contributed by atoms with E-state index in [1.807, 2.05) is 35.2 Å². The van der Waals surface area contributed by atoms with E-state index in [1.54, 1.807) is 0 Å². The van der Waals surface area contributed by atoms with Gasteiger partial charge >= 0.3 is 7.82 Å². The van der Waals surface area contributed by atoms with Crippen molar-refractivity contribution in [3.8, 4) is 5.75 Å². The Hall–Kier alpha value is -1.74. The lowest BCUT2D eigenvalue weighted by Gasteiger charge is -2.36. The molecule has 8 nitrogen and oxygen atoms in total. The Bertz CT molecular complexity index is 976. The van der Waals surface area contributed by atoms with Gasteiger partial charge in [-0.15, -0.1) is 0 Å². The highest BCUT2D eigenvalue weighted by Gasteiger charge is 2.28. The van der Waals surface area contributed by atoms with Crippen LogP contribution in [0.2, 0.25) is 0 Å². The van der Waals surface area contributed by atoms with Gasteiger partial charge in [0.1, 0.15) is 5.75 Å². The lowest BCUT2D eigenvalue weighted by atomic mass is 9.88. The smallest absolute Gasteiger partial charge is 0.404 e. The summed E-state index contributed by atoms with van der Waals surface area (Å²) in [4.78, 5) is 19.6. The van der Waals surface area contributed by atoms with Crippen molar-refractivity contribution in [2.24, 2.45) is 5.92 Å². The maximum atomic E-state index is 12.6. The third-order valence-electron chi connectivity index (χ3n) is 5.23. The van der Waals surface area contributed by atoms with Crippen molar-refractivity contribution in [2.45, 2.75) is 23.8 Å². The van der Waals surface area contributed by atoms with E-state index < -0.39 is 23.8 Å². The van der Waals surface area contributed by atoms with Gasteiger partial charge < -0.3 is 9.63 Å². The lowest BCUT2D eigenvalue weighted by Crippen LogP contribution is -2.46. The molecular formula is C20H26NO7PS. The third-order valence-corrected chi connectivity index (χ3v) is 7.39. The number of benzene rings is 2. The molecule has 30 heavy (non-hydrogen) atoms. The molecule has 3 rings (SSSR count). The van der Waals surface area contributed by atoms with Gasteiger partial charge in [0.25, 0.3) is 0 Å². The first-order valence-electron chi connectivity index (χ1n) is 9.65. The van der Waals surface area contributed by atoms with Crippen LogP contribution in [0.25, 0.3) is 0 Å². The molecule has 0 aromatic heterocycles. The average Bonchev–Trinajstić information content (AvgIpc) is 2.68. The molecule has 2 atom stereocenters. The van der Waals surface area contributed by atoms with Crippen molar-refractivity contribution in [1.29, 1.82) is 0 Å². The second-order valence-electron chi connectivity index (χ2n) is 7.48. The maximum Gasteiger partial charge on any atom is 0.524 e. The Balaban J connectivity index is 1.52. The number of aliphatic hydroxyl groups is 1. The van der Waals surface area contributed by atoms with E-state index in [9.17, 15) is 18.1 Å². The summed E-state index contributed by atoms with van der Waals surface area (Å²) in [6, 6.07) is 15.0. The zero-order valence-electron chi connectivity index (χ0n) is 16.4. The van der Waals surface area contributed by atoms with Crippen LogP contribution in [0, 0.1) is 5.92 Å². The van der Waals surface area contributed by atoms with Crippen molar-refractivity contribution in [2.75, 3.05) is 25.4 Å². The SMILES string of the molecule is O=P(O)(O)Oc1ccc(S(=O)(=O)CCN2CC[C@H](Cc3ccccc3)[C@H](O)C2)cc1. The molecule has 0 amide bonds. The molecule has 1 saturated heterocycles. The van der Waals surface area contributed by atoms with Gasteiger partial charge in [-0.3, -0.25) is 14.7 Å². The maximum absolute atomic E-state index is 12.6. The lowest BCUT2D eigenvalue weighted by molar-refractivity contribution is 0.0245. The number of β-amino-alcohol motifs (C(OH)–C–C–N with tert-alkyl or cyclic N) is 1. The normalized spacial score (nSPS) is 20.8. The predicted octanol–water partition coefficient (Wildman–Crippen LogP) is 1.86. The van der Waals surface area contributed by atoms with Crippen LogP contribution in [0.4, 0.5) is 0 Å². The Morgan fingerprint density at radius 3 is 2.33 bits per heavy atom. The van der Waals surface area contributed by atoms with Gasteiger partial charge in [0.05, 0.1) is 16.8 Å². The summed E-state index contributed by atoms with van der Waals surface area (Å²) in [5.74, 6) is -0.0605. The fraction of sp³-hybridized carbons (Fsp3) is 0.400. The number of phosphoric ester groups is 1. The van der Waals surface area contributed by atoms with E-state index in [2.05, 4.69) is 4.52 Å². The number of hydrogen-bond donors (Lipinski definition) is 3.